The molecule has 3 rings (SSSR count). The quantitative estimate of drug-likeness (QED) is 0.492. The molecule has 1 aromatic heterocycles. The van der Waals surface area contributed by atoms with Crippen LogP contribution in [0.15, 0.2) is 35.6 Å². The molecule has 0 saturated heterocycles. The number of unbranched alkanes of at least 4 members (excludes halogenated alkanes) is 2. The van der Waals surface area contributed by atoms with E-state index in [4.69, 9.17) is 0 Å². The van der Waals surface area contributed by atoms with E-state index in [1.165, 1.54) is 11.3 Å². The predicted octanol–water partition coefficient (Wildman–Crippen LogP) is 4.59. The predicted molar refractivity (Wildman–Crippen MR) is 120 cm³/mol. The van der Waals surface area contributed by atoms with Crippen LogP contribution in [0.3, 0.4) is 0 Å². The van der Waals surface area contributed by atoms with E-state index in [-0.39, 0.29) is 11.4 Å². The first kappa shape index (κ1) is 22.0. The van der Waals surface area contributed by atoms with Crippen molar-refractivity contribution in [3.8, 4) is 0 Å². The third-order valence-electron chi connectivity index (χ3n) is 5.39. The molecule has 1 atom stereocenters. The fourth-order valence-electron chi connectivity index (χ4n) is 3.81. The van der Waals surface area contributed by atoms with E-state index >= 15 is 0 Å². The Labute approximate surface area is 181 Å². The number of rotatable bonds is 8. The summed E-state index contributed by atoms with van der Waals surface area (Å²) in [4.78, 5) is 34.8. The topological polar surface area (TPSA) is 73.7 Å². The van der Waals surface area contributed by atoms with Gasteiger partial charge in [-0.3, -0.25) is 9.59 Å². The van der Waals surface area contributed by atoms with Gasteiger partial charge in [0.15, 0.2) is 5.76 Å². The summed E-state index contributed by atoms with van der Waals surface area (Å²) < 4.78 is 0. The SMILES string of the molecule is CCCCCN1C(=O)C(O)=C(C(=O)c2sc(C)nc2C)C1c1ccc(N(C)C)cc1. The summed E-state index contributed by atoms with van der Waals surface area (Å²) in [6, 6.07) is 7.18. The van der Waals surface area contributed by atoms with Crippen LogP contribution in [-0.4, -0.2) is 47.3 Å². The van der Waals surface area contributed by atoms with Crippen molar-refractivity contribution in [1.82, 2.24) is 9.88 Å². The highest BCUT2D eigenvalue weighted by atomic mass is 32.1. The molecule has 0 fully saturated rings. The van der Waals surface area contributed by atoms with Gasteiger partial charge >= 0.3 is 0 Å². The van der Waals surface area contributed by atoms with Gasteiger partial charge in [0.1, 0.15) is 0 Å². The normalized spacial score (nSPS) is 16.5. The monoisotopic (exact) mass is 427 g/mol. The highest BCUT2D eigenvalue weighted by Gasteiger charge is 2.44. The third-order valence-corrected chi connectivity index (χ3v) is 6.46. The van der Waals surface area contributed by atoms with Gasteiger partial charge in [0.05, 0.1) is 27.2 Å². The van der Waals surface area contributed by atoms with E-state index in [0.29, 0.717) is 17.1 Å². The van der Waals surface area contributed by atoms with Crippen LogP contribution in [0, 0.1) is 13.8 Å². The first-order valence-electron chi connectivity index (χ1n) is 10.3. The van der Waals surface area contributed by atoms with E-state index in [9.17, 15) is 14.7 Å². The van der Waals surface area contributed by atoms with Gasteiger partial charge < -0.3 is 14.9 Å². The highest BCUT2D eigenvalue weighted by molar-refractivity contribution is 7.14. The Morgan fingerprint density at radius 2 is 1.87 bits per heavy atom. The van der Waals surface area contributed by atoms with Crippen LogP contribution in [0.25, 0.3) is 0 Å². The van der Waals surface area contributed by atoms with Crippen molar-refractivity contribution in [1.29, 1.82) is 0 Å². The minimum Gasteiger partial charge on any atom is -0.503 e. The molecule has 0 saturated carbocycles. The van der Waals surface area contributed by atoms with Gasteiger partial charge in [0.25, 0.3) is 5.91 Å². The van der Waals surface area contributed by atoms with E-state index < -0.39 is 17.7 Å². The fourth-order valence-corrected chi connectivity index (χ4v) is 4.69. The van der Waals surface area contributed by atoms with Crippen molar-refractivity contribution in [2.24, 2.45) is 0 Å². The Hall–Kier alpha value is -2.67. The van der Waals surface area contributed by atoms with Gasteiger partial charge in [0.2, 0.25) is 5.78 Å². The molecule has 6 nitrogen and oxygen atoms in total. The molecule has 1 aliphatic rings. The lowest BCUT2D eigenvalue weighted by Gasteiger charge is -2.27. The first-order valence-corrected chi connectivity index (χ1v) is 11.1. The highest BCUT2D eigenvalue weighted by Crippen LogP contribution is 2.40. The maximum atomic E-state index is 13.4. The molecule has 2 aromatic rings. The second-order valence-corrected chi connectivity index (χ2v) is 9.04. The summed E-state index contributed by atoms with van der Waals surface area (Å²) in [6.07, 6.45) is 2.82. The number of aryl methyl sites for hydroxylation is 2. The van der Waals surface area contributed by atoms with E-state index in [1.807, 2.05) is 50.2 Å². The largest absolute Gasteiger partial charge is 0.503 e. The number of anilines is 1. The average Bonchev–Trinajstić information content (AvgIpc) is 3.18. The molecule has 7 heteroatoms. The Balaban J connectivity index is 2.05. The summed E-state index contributed by atoms with van der Waals surface area (Å²) >= 11 is 1.30. The lowest BCUT2D eigenvalue weighted by atomic mass is 9.94. The molecule has 1 aliphatic heterocycles. The van der Waals surface area contributed by atoms with Crippen LogP contribution in [-0.2, 0) is 4.79 Å². The summed E-state index contributed by atoms with van der Waals surface area (Å²) in [6.45, 7) is 6.22. The second kappa shape index (κ2) is 9.00. The minimum absolute atomic E-state index is 0.154. The third kappa shape index (κ3) is 4.12. The van der Waals surface area contributed by atoms with Crippen LogP contribution < -0.4 is 4.90 Å². The standard InChI is InChI=1S/C23H29N3O3S/c1-6-7-8-13-26-19(16-9-11-17(12-10-16)25(4)5)18(21(28)23(26)29)20(27)22-14(2)24-15(3)30-22/h9-12,19,28H,6-8,13H2,1-5H3. The molecule has 1 aromatic carbocycles. The Kier molecular flexibility index (Phi) is 6.61. The zero-order chi connectivity index (χ0) is 22.0. The maximum Gasteiger partial charge on any atom is 0.290 e. The number of aromatic nitrogens is 1. The molecule has 1 N–H and O–H groups in total. The lowest BCUT2D eigenvalue weighted by Crippen LogP contribution is -2.32. The van der Waals surface area contributed by atoms with Crippen molar-refractivity contribution in [2.45, 2.75) is 46.1 Å². The molecular formula is C23H29N3O3S. The number of amides is 1. The first-order chi connectivity index (χ1) is 14.3. The summed E-state index contributed by atoms with van der Waals surface area (Å²) in [5.74, 6) is -1.23. The van der Waals surface area contributed by atoms with Crippen LogP contribution in [0.2, 0.25) is 0 Å². The molecule has 30 heavy (non-hydrogen) atoms. The number of carbonyl (C=O) groups is 2. The van der Waals surface area contributed by atoms with Crippen LogP contribution >= 0.6 is 11.3 Å². The summed E-state index contributed by atoms with van der Waals surface area (Å²) in [5.41, 5.74) is 2.62. The fraction of sp³-hybridized carbons (Fsp3) is 0.435. The van der Waals surface area contributed by atoms with Gasteiger partial charge in [0, 0.05) is 26.3 Å². The minimum atomic E-state index is -0.597. The summed E-state index contributed by atoms with van der Waals surface area (Å²) in [5, 5.41) is 11.5. The zero-order valence-corrected chi connectivity index (χ0v) is 19.0. The lowest BCUT2D eigenvalue weighted by molar-refractivity contribution is -0.129. The number of thiazole rings is 1. The number of Topliss-reactive ketones (excluding diaryl/α,β-unsaturated/α-hetero) is 1. The molecule has 1 unspecified atom stereocenters. The van der Waals surface area contributed by atoms with Gasteiger partial charge in [-0.05, 0) is 38.0 Å². The molecular weight excluding hydrogens is 398 g/mol. The molecule has 160 valence electrons. The molecule has 0 spiro atoms. The van der Waals surface area contributed by atoms with Gasteiger partial charge in [-0.2, -0.15) is 0 Å². The van der Waals surface area contributed by atoms with E-state index in [0.717, 1.165) is 35.5 Å². The molecule has 1 amide bonds. The second-order valence-electron chi connectivity index (χ2n) is 7.83. The maximum absolute atomic E-state index is 13.4. The van der Waals surface area contributed by atoms with Crippen LogP contribution in [0.5, 0.6) is 0 Å². The van der Waals surface area contributed by atoms with Crippen molar-refractivity contribution in [3.05, 3.63) is 56.7 Å². The van der Waals surface area contributed by atoms with Crippen molar-refractivity contribution in [3.63, 3.8) is 0 Å². The molecule has 0 radical (unpaired) electrons. The Bertz CT molecular complexity index is 976. The summed E-state index contributed by atoms with van der Waals surface area (Å²) in [7, 11) is 3.92. The number of aliphatic hydroxyl groups is 1. The molecule has 2 heterocycles. The van der Waals surface area contributed by atoms with Crippen LogP contribution in [0.4, 0.5) is 5.69 Å². The average molecular weight is 428 g/mol. The van der Waals surface area contributed by atoms with Crippen molar-refractivity contribution < 1.29 is 14.7 Å². The van der Waals surface area contributed by atoms with Crippen molar-refractivity contribution >= 4 is 28.7 Å². The smallest absolute Gasteiger partial charge is 0.290 e. The number of nitrogens with zero attached hydrogens (tertiary/aromatic N) is 3. The number of aliphatic hydroxyl groups excluding tert-OH is 1. The molecule has 0 aliphatic carbocycles. The number of carbonyl (C=O) groups excluding carboxylic acids is 2. The number of benzene rings is 1. The Morgan fingerprint density at radius 1 is 1.20 bits per heavy atom. The Morgan fingerprint density at radius 3 is 2.40 bits per heavy atom. The zero-order valence-electron chi connectivity index (χ0n) is 18.2. The van der Waals surface area contributed by atoms with Gasteiger partial charge in [-0.1, -0.05) is 31.9 Å². The number of hydrogen-bond acceptors (Lipinski definition) is 6. The van der Waals surface area contributed by atoms with E-state index in [1.54, 1.807) is 11.8 Å². The molecule has 0 bridgehead atoms. The van der Waals surface area contributed by atoms with E-state index in [2.05, 4.69) is 11.9 Å². The number of hydrogen-bond donors (Lipinski definition) is 1. The van der Waals surface area contributed by atoms with Crippen LogP contribution in [0.1, 0.15) is 58.2 Å². The van der Waals surface area contributed by atoms with Gasteiger partial charge in [-0.15, -0.1) is 11.3 Å². The van der Waals surface area contributed by atoms with Crippen molar-refractivity contribution in [2.75, 3.05) is 25.5 Å². The number of ketones is 1. The van der Waals surface area contributed by atoms with Gasteiger partial charge in [-0.25, -0.2) is 4.98 Å².